The van der Waals surface area contributed by atoms with E-state index in [1.165, 1.54) is 0 Å². The maximum absolute atomic E-state index is 12.4. The number of nitrogens with zero attached hydrogens (tertiary/aromatic N) is 1. The lowest BCUT2D eigenvalue weighted by Gasteiger charge is -2.11. The summed E-state index contributed by atoms with van der Waals surface area (Å²) in [6.07, 6.45) is 2.24. The highest BCUT2D eigenvalue weighted by Gasteiger charge is 2.12. The maximum Gasteiger partial charge on any atom is 0.255 e. The molecule has 142 valence electrons. The van der Waals surface area contributed by atoms with Crippen molar-refractivity contribution < 1.29 is 9.90 Å². The summed E-state index contributed by atoms with van der Waals surface area (Å²) in [5, 5.41) is 13.7. The summed E-state index contributed by atoms with van der Waals surface area (Å²) in [7, 11) is 0. The average molecular weight is 380 g/mol. The third kappa shape index (κ3) is 4.33. The van der Waals surface area contributed by atoms with E-state index in [-0.39, 0.29) is 11.7 Å². The van der Waals surface area contributed by atoms with Crippen LogP contribution in [0, 0.1) is 0 Å². The topological polar surface area (TPSA) is 62.2 Å². The predicted octanol–water partition coefficient (Wildman–Crippen LogP) is 5.30. The first-order chi connectivity index (χ1) is 14.2. The molecular formula is C25H20N2O2. The van der Waals surface area contributed by atoms with Crippen molar-refractivity contribution in [2.75, 3.05) is 5.32 Å². The molecule has 0 atom stereocenters. The van der Waals surface area contributed by atoms with E-state index in [1.807, 2.05) is 72.8 Å². The zero-order valence-corrected chi connectivity index (χ0v) is 15.7. The van der Waals surface area contributed by atoms with Crippen LogP contribution in [0.1, 0.15) is 21.6 Å². The minimum absolute atomic E-state index is 0.155. The van der Waals surface area contributed by atoms with E-state index in [9.17, 15) is 9.90 Å². The molecule has 0 bridgehead atoms. The van der Waals surface area contributed by atoms with Gasteiger partial charge in [-0.25, -0.2) is 0 Å². The van der Waals surface area contributed by atoms with Crippen LogP contribution in [0.3, 0.4) is 0 Å². The Morgan fingerprint density at radius 3 is 2.34 bits per heavy atom. The minimum atomic E-state index is -0.175. The van der Waals surface area contributed by atoms with Gasteiger partial charge in [0.1, 0.15) is 5.75 Å². The molecule has 0 unspecified atom stereocenters. The first kappa shape index (κ1) is 18.4. The molecule has 3 aromatic carbocycles. The second-order valence-corrected chi connectivity index (χ2v) is 6.72. The predicted molar refractivity (Wildman–Crippen MR) is 115 cm³/mol. The molecule has 0 saturated carbocycles. The number of rotatable bonds is 5. The summed E-state index contributed by atoms with van der Waals surface area (Å²) in [4.78, 5) is 16.8. The van der Waals surface area contributed by atoms with Crippen molar-refractivity contribution in [3.63, 3.8) is 0 Å². The lowest BCUT2D eigenvalue weighted by molar-refractivity contribution is 0.102. The third-order valence-electron chi connectivity index (χ3n) is 4.68. The molecule has 0 radical (unpaired) electrons. The Morgan fingerprint density at radius 2 is 1.59 bits per heavy atom. The lowest BCUT2D eigenvalue weighted by Crippen LogP contribution is -2.11. The third-order valence-corrected chi connectivity index (χ3v) is 4.68. The fourth-order valence-electron chi connectivity index (χ4n) is 3.21. The van der Waals surface area contributed by atoms with Gasteiger partial charge in [0.15, 0.2) is 0 Å². The van der Waals surface area contributed by atoms with Crippen molar-refractivity contribution >= 4 is 11.6 Å². The number of benzene rings is 3. The highest BCUT2D eigenvalue weighted by Crippen LogP contribution is 2.33. The molecule has 1 amide bonds. The van der Waals surface area contributed by atoms with Crippen LogP contribution in [-0.4, -0.2) is 16.0 Å². The molecule has 0 fully saturated rings. The van der Waals surface area contributed by atoms with Crippen LogP contribution in [0.5, 0.6) is 5.75 Å². The summed E-state index contributed by atoms with van der Waals surface area (Å²) in [6.45, 7) is 0. The van der Waals surface area contributed by atoms with Crippen molar-refractivity contribution in [1.82, 2.24) is 4.98 Å². The Kier molecular flexibility index (Phi) is 5.34. The molecule has 2 N–H and O–H groups in total. The largest absolute Gasteiger partial charge is 0.505 e. The highest BCUT2D eigenvalue weighted by atomic mass is 16.3. The van der Waals surface area contributed by atoms with Crippen LogP contribution in [0.2, 0.25) is 0 Å². The summed E-state index contributed by atoms with van der Waals surface area (Å²) >= 11 is 0. The number of aromatic hydroxyl groups is 1. The van der Waals surface area contributed by atoms with Gasteiger partial charge in [0.2, 0.25) is 0 Å². The molecule has 1 aromatic heterocycles. The number of carbonyl (C=O) groups is 1. The van der Waals surface area contributed by atoms with Crippen molar-refractivity contribution in [3.05, 3.63) is 114 Å². The summed E-state index contributed by atoms with van der Waals surface area (Å²) in [5.74, 6) is -0.0191. The molecular weight excluding hydrogens is 360 g/mol. The molecule has 0 saturated heterocycles. The zero-order chi connectivity index (χ0) is 20.1. The Bertz CT molecular complexity index is 1130. The van der Waals surface area contributed by atoms with Gasteiger partial charge in [-0.05, 0) is 41.5 Å². The summed E-state index contributed by atoms with van der Waals surface area (Å²) in [5.41, 5.74) is 4.45. The van der Waals surface area contributed by atoms with Crippen molar-refractivity contribution in [3.8, 4) is 16.9 Å². The van der Waals surface area contributed by atoms with Crippen LogP contribution in [0.4, 0.5) is 5.69 Å². The Balaban J connectivity index is 1.60. The normalized spacial score (nSPS) is 10.5. The number of nitrogens with one attached hydrogen (secondary N) is 1. The number of aromatic nitrogens is 1. The quantitative estimate of drug-likeness (QED) is 0.494. The van der Waals surface area contributed by atoms with Crippen LogP contribution >= 0.6 is 0 Å². The average Bonchev–Trinajstić information content (AvgIpc) is 2.77. The fraction of sp³-hybridized carbons (Fsp3) is 0.0400. The number of anilines is 1. The molecule has 4 heteroatoms. The van der Waals surface area contributed by atoms with Gasteiger partial charge in [-0.2, -0.15) is 0 Å². The van der Waals surface area contributed by atoms with E-state index in [2.05, 4.69) is 10.3 Å². The molecule has 0 aliphatic rings. The number of hydrogen-bond acceptors (Lipinski definition) is 3. The van der Waals surface area contributed by atoms with E-state index < -0.39 is 0 Å². The minimum Gasteiger partial charge on any atom is -0.505 e. The molecule has 1 heterocycles. The van der Waals surface area contributed by atoms with Gasteiger partial charge in [0, 0.05) is 29.4 Å². The first-order valence-electron chi connectivity index (χ1n) is 9.38. The Morgan fingerprint density at radius 1 is 0.862 bits per heavy atom. The number of pyridine rings is 1. The maximum atomic E-state index is 12.4. The SMILES string of the molecule is O=C(Nc1cccc(-c2ccnc(Cc3ccccc3)c2O)c1)c1ccccc1. The van der Waals surface area contributed by atoms with Crippen LogP contribution in [0.25, 0.3) is 11.1 Å². The fourth-order valence-corrected chi connectivity index (χ4v) is 3.21. The number of carbonyl (C=O) groups excluding carboxylic acids is 1. The first-order valence-corrected chi connectivity index (χ1v) is 9.38. The second kappa shape index (κ2) is 8.40. The zero-order valence-electron chi connectivity index (χ0n) is 15.7. The van der Waals surface area contributed by atoms with Crippen molar-refractivity contribution in [2.45, 2.75) is 6.42 Å². The number of hydrogen-bond donors (Lipinski definition) is 2. The standard InChI is InChI=1S/C25H20N2O2/c28-24-22(14-15-26-23(24)16-18-8-3-1-4-9-18)20-12-7-13-21(17-20)27-25(29)19-10-5-2-6-11-19/h1-15,17,28H,16H2,(H,27,29). The van der Waals surface area contributed by atoms with Gasteiger partial charge in [-0.3, -0.25) is 9.78 Å². The summed E-state index contributed by atoms with van der Waals surface area (Å²) in [6, 6.07) is 28.2. The van der Waals surface area contributed by atoms with Crippen LogP contribution in [-0.2, 0) is 6.42 Å². The molecule has 4 nitrogen and oxygen atoms in total. The molecule has 0 spiro atoms. The van der Waals surface area contributed by atoms with E-state index >= 15 is 0 Å². The van der Waals surface area contributed by atoms with E-state index in [1.54, 1.807) is 24.4 Å². The van der Waals surface area contributed by atoms with Crippen LogP contribution in [0.15, 0.2) is 97.2 Å². The van der Waals surface area contributed by atoms with E-state index in [0.717, 1.165) is 11.1 Å². The van der Waals surface area contributed by atoms with Gasteiger partial charge >= 0.3 is 0 Å². The molecule has 0 aliphatic heterocycles. The van der Waals surface area contributed by atoms with Crippen LogP contribution < -0.4 is 5.32 Å². The highest BCUT2D eigenvalue weighted by molar-refractivity contribution is 6.04. The van der Waals surface area contributed by atoms with Crippen molar-refractivity contribution in [1.29, 1.82) is 0 Å². The monoisotopic (exact) mass is 380 g/mol. The van der Waals surface area contributed by atoms with Gasteiger partial charge in [0.05, 0.1) is 5.69 Å². The smallest absolute Gasteiger partial charge is 0.255 e. The Hall–Kier alpha value is -3.92. The van der Waals surface area contributed by atoms with Crippen molar-refractivity contribution in [2.24, 2.45) is 0 Å². The molecule has 4 aromatic rings. The van der Waals surface area contributed by atoms with Gasteiger partial charge in [0.25, 0.3) is 5.91 Å². The second-order valence-electron chi connectivity index (χ2n) is 6.72. The van der Waals surface area contributed by atoms with Gasteiger partial charge in [-0.1, -0.05) is 60.7 Å². The van der Waals surface area contributed by atoms with E-state index in [0.29, 0.717) is 28.9 Å². The van der Waals surface area contributed by atoms with Gasteiger partial charge in [-0.15, -0.1) is 0 Å². The molecule has 29 heavy (non-hydrogen) atoms. The Labute approximate surface area is 169 Å². The number of amides is 1. The molecule has 0 aliphatic carbocycles. The van der Waals surface area contributed by atoms with E-state index in [4.69, 9.17) is 0 Å². The van der Waals surface area contributed by atoms with Gasteiger partial charge < -0.3 is 10.4 Å². The lowest BCUT2D eigenvalue weighted by atomic mass is 10.0. The molecule has 4 rings (SSSR count). The summed E-state index contributed by atoms with van der Waals surface area (Å²) < 4.78 is 0.